The number of hydrogen-bond acceptors (Lipinski definition) is 10. The molecule has 208 valence electrons. The van der Waals surface area contributed by atoms with Gasteiger partial charge in [0.15, 0.2) is 5.82 Å². The number of carbonyl (C=O) groups is 1. The van der Waals surface area contributed by atoms with Crippen molar-refractivity contribution >= 4 is 57.0 Å². The Hall–Kier alpha value is -4.84. The number of allylic oxidation sites excluding steroid dienone is 1. The summed E-state index contributed by atoms with van der Waals surface area (Å²) in [6.45, 7) is 4.36. The number of amides is 1. The van der Waals surface area contributed by atoms with Gasteiger partial charge in [0.25, 0.3) is 0 Å². The number of hydrogen-bond donors (Lipinski definition) is 1. The molecule has 1 aliphatic rings. The number of nitrogens with zero attached hydrogens (tertiary/aromatic N) is 9. The van der Waals surface area contributed by atoms with E-state index >= 15 is 0 Å². The van der Waals surface area contributed by atoms with Crippen molar-refractivity contribution in [2.24, 2.45) is 7.05 Å². The second-order valence-electron chi connectivity index (χ2n) is 9.57. The maximum absolute atomic E-state index is 12.3. The van der Waals surface area contributed by atoms with Gasteiger partial charge >= 0.3 is 0 Å². The van der Waals surface area contributed by atoms with Crippen LogP contribution in [0, 0.1) is 6.92 Å². The zero-order valence-corrected chi connectivity index (χ0v) is 23.3. The number of aryl methyl sites for hydroxylation is 2. The molecule has 1 saturated heterocycles. The van der Waals surface area contributed by atoms with Gasteiger partial charge < -0.3 is 19.9 Å². The molecule has 13 heteroatoms. The van der Waals surface area contributed by atoms with E-state index in [9.17, 15) is 4.79 Å². The quantitative estimate of drug-likeness (QED) is 0.227. The van der Waals surface area contributed by atoms with Crippen LogP contribution >= 0.6 is 11.6 Å². The highest BCUT2D eigenvalue weighted by atomic mass is 35.5. The minimum Gasteiger partial charge on any atom is -0.457 e. The molecule has 41 heavy (non-hydrogen) atoms. The molecule has 0 atom stereocenters. The summed E-state index contributed by atoms with van der Waals surface area (Å²) in [7, 11) is 1.85. The van der Waals surface area contributed by atoms with Gasteiger partial charge in [-0.05, 0) is 42.8 Å². The van der Waals surface area contributed by atoms with Crippen LogP contribution < -0.4 is 15.0 Å². The van der Waals surface area contributed by atoms with Gasteiger partial charge in [0.1, 0.15) is 34.4 Å². The smallest absolute Gasteiger partial charge is 0.246 e. The minimum absolute atomic E-state index is 0.0390. The summed E-state index contributed by atoms with van der Waals surface area (Å²) in [6, 6.07) is 11.5. The fraction of sp³-hybridized carbons (Fsp3) is 0.250. The molecule has 1 fully saturated rings. The van der Waals surface area contributed by atoms with Gasteiger partial charge in [0, 0.05) is 56.9 Å². The van der Waals surface area contributed by atoms with Crippen LogP contribution in [0.3, 0.4) is 0 Å². The molecule has 1 aliphatic heterocycles. The normalized spacial score (nSPS) is 13.8. The molecule has 3 aromatic heterocycles. The fourth-order valence-electron chi connectivity index (χ4n) is 4.66. The molecule has 0 aliphatic carbocycles. The first-order valence-electron chi connectivity index (χ1n) is 13.1. The van der Waals surface area contributed by atoms with Gasteiger partial charge in [-0.1, -0.05) is 11.3 Å². The third kappa shape index (κ3) is 5.59. The number of aromatic nitrogens is 7. The second kappa shape index (κ2) is 11.3. The lowest BCUT2D eigenvalue weighted by Crippen LogP contribution is -2.48. The van der Waals surface area contributed by atoms with Crippen LogP contribution in [0.5, 0.6) is 11.5 Å². The Kier molecular flexibility index (Phi) is 7.30. The molecular weight excluding hydrogens is 544 g/mol. The zero-order valence-electron chi connectivity index (χ0n) is 22.5. The largest absolute Gasteiger partial charge is 0.457 e. The van der Waals surface area contributed by atoms with E-state index in [-0.39, 0.29) is 5.91 Å². The first-order chi connectivity index (χ1) is 20.0. The number of rotatable bonds is 7. The average Bonchev–Trinajstić information content (AvgIpc) is 3.37. The maximum atomic E-state index is 12.3. The summed E-state index contributed by atoms with van der Waals surface area (Å²) in [6.07, 6.45) is 6.35. The summed E-state index contributed by atoms with van der Waals surface area (Å²) in [4.78, 5) is 34.2. The summed E-state index contributed by atoms with van der Waals surface area (Å²) in [5, 5.41) is 11.6. The molecule has 5 aromatic rings. The molecular formula is C28H27ClN10O2. The Labute approximate surface area is 240 Å². The van der Waals surface area contributed by atoms with Crippen molar-refractivity contribution in [3.8, 4) is 11.5 Å². The highest BCUT2D eigenvalue weighted by Crippen LogP contribution is 2.31. The number of piperazine rings is 1. The van der Waals surface area contributed by atoms with Gasteiger partial charge in [0.2, 0.25) is 11.9 Å². The Bertz CT molecular complexity index is 1760. The Morgan fingerprint density at radius 2 is 1.93 bits per heavy atom. The van der Waals surface area contributed by atoms with E-state index in [0.29, 0.717) is 60.6 Å². The van der Waals surface area contributed by atoms with E-state index in [0.717, 1.165) is 28.0 Å². The monoisotopic (exact) mass is 570 g/mol. The van der Waals surface area contributed by atoms with Crippen molar-refractivity contribution in [3.63, 3.8) is 0 Å². The lowest BCUT2D eigenvalue weighted by atomic mass is 10.2. The molecule has 0 radical (unpaired) electrons. The Morgan fingerprint density at radius 1 is 1.07 bits per heavy atom. The zero-order chi connectivity index (χ0) is 28.3. The number of nitrogens with one attached hydrogen (secondary N) is 1. The van der Waals surface area contributed by atoms with Crippen molar-refractivity contribution in [2.75, 3.05) is 42.3 Å². The van der Waals surface area contributed by atoms with Crippen molar-refractivity contribution in [1.82, 2.24) is 39.8 Å². The third-order valence-corrected chi connectivity index (χ3v) is 7.01. The highest BCUT2D eigenvalue weighted by Gasteiger charge is 2.22. The van der Waals surface area contributed by atoms with Gasteiger partial charge in [-0.15, -0.1) is 16.7 Å². The van der Waals surface area contributed by atoms with Gasteiger partial charge in [-0.3, -0.25) is 4.79 Å². The van der Waals surface area contributed by atoms with Crippen molar-refractivity contribution < 1.29 is 9.53 Å². The Balaban J connectivity index is 1.18. The molecule has 12 nitrogen and oxygen atoms in total. The molecule has 1 N–H and O–H groups in total. The van der Waals surface area contributed by atoms with E-state index < -0.39 is 0 Å². The topological polar surface area (TPSA) is 127 Å². The van der Waals surface area contributed by atoms with Crippen molar-refractivity contribution in [3.05, 3.63) is 66.6 Å². The number of halogens is 1. The summed E-state index contributed by atoms with van der Waals surface area (Å²) in [5.41, 5.74) is 4.71. The number of ether oxygens (including phenoxy) is 1. The maximum Gasteiger partial charge on any atom is 0.246 e. The molecule has 6 rings (SSSR count). The molecule has 2 aromatic carbocycles. The Morgan fingerprint density at radius 3 is 2.73 bits per heavy atom. The molecule has 0 bridgehead atoms. The van der Waals surface area contributed by atoms with Crippen LogP contribution in [0.4, 0.5) is 17.5 Å². The van der Waals surface area contributed by atoms with Gasteiger partial charge in [-0.2, -0.15) is 0 Å². The lowest BCUT2D eigenvalue weighted by molar-refractivity contribution is -0.126. The van der Waals surface area contributed by atoms with Crippen LogP contribution in [-0.2, 0) is 11.8 Å². The summed E-state index contributed by atoms with van der Waals surface area (Å²) >= 11 is 5.65. The van der Waals surface area contributed by atoms with Crippen LogP contribution in [0.1, 0.15) is 5.56 Å². The predicted octanol–water partition coefficient (Wildman–Crippen LogP) is 3.99. The van der Waals surface area contributed by atoms with Crippen LogP contribution in [0.25, 0.3) is 22.1 Å². The van der Waals surface area contributed by atoms with Crippen molar-refractivity contribution in [2.45, 2.75) is 6.92 Å². The standard InChI is InChI=1S/C28H27ClN10O2/c1-18-14-19(5-8-24(18)41-20-6-7-23-21(15-20)35-36-37(23)2)33-27-26-22(31-17-32-27)16-30-28(34-26)39-12-10-38(11-13-39)25(40)4-3-9-29/h3-8,14-17H,9-13H2,1-2H3,(H,31,32,33)/b4-3+. The number of carbonyl (C=O) groups excluding carboxylic acids is 1. The summed E-state index contributed by atoms with van der Waals surface area (Å²) in [5.74, 6) is 2.83. The molecule has 0 spiro atoms. The summed E-state index contributed by atoms with van der Waals surface area (Å²) < 4.78 is 7.86. The third-order valence-electron chi connectivity index (χ3n) is 6.84. The average molecular weight is 571 g/mol. The number of alkyl halides is 1. The van der Waals surface area contributed by atoms with Gasteiger partial charge in [0.05, 0.1) is 11.7 Å². The van der Waals surface area contributed by atoms with E-state index in [1.165, 1.54) is 12.4 Å². The number of anilines is 3. The van der Waals surface area contributed by atoms with E-state index in [1.54, 1.807) is 21.9 Å². The van der Waals surface area contributed by atoms with E-state index in [1.807, 2.05) is 50.4 Å². The van der Waals surface area contributed by atoms with Crippen LogP contribution in [-0.4, -0.2) is 77.8 Å². The first-order valence-corrected chi connectivity index (χ1v) is 13.6. The van der Waals surface area contributed by atoms with E-state index in [4.69, 9.17) is 21.3 Å². The van der Waals surface area contributed by atoms with E-state index in [2.05, 4.69) is 35.5 Å². The lowest BCUT2D eigenvalue weighted by Gasteiger charge is -2.34. The highest BCUT2D eigenvalue weighted by molar-refractivity contribution is 6.19. The molecule has 0 unspecified atom stereocenters. The number of fused-ring (bicyclic) bond motifs is 2. The molecule has 0 saturated carbocycles. The molecule has 4 heterocycles. The first kappa shape index (κ1) is 26.4. The van der Waals surface area contributed by atoms with Crippen LogP contribution in [0.15, 0.2) is 61.1 Å². The minimum atomic E-state index is -0.0390. The SMILES string of the molecule is Cc1cc(Nc2ncnc3cnc(N4CCN(C(=O)/C=C/CCl)CC4)nc23)ccc1Oc1ccc2c(c1)nnn2C. The predicted molar refractivity (Wildman–Crippen MR) is 157 cm³/mol. The number of benzene rings is 2. The fourth-order valence-corrected chi connectivity index (χ4v) is 4.74. The van der Waals surface area contributed by atoms with Gasteiger partial charge in [-0.25, -0.2) is 24.6 Å². The van der Waals surface area contributed by atoms with Crippen molar-refractivity contribution in [1.29, 1.82) is 0 Å². The molecule has 1 amide bonds. The second-order valence-corrected chi connectivity index (χ2v) is 9.87. The van der Waals surface area contributed by atoms with Crippen LogP contribution in [0.2, 0.25) is 0 Å².